The Kier molecular flexibility index (Phi) is 9.39. The van der Waals surface area contributed by atoms with Crippen LogP contribution in [0.25, 0.3) is 5.76 Å². The molecule has 4 rings (SSSR count). The molecule has 1 unspecified atom stereocenters. The van der Waals surface area contributed by atoms with E-state index >= 15 is 0 Å². The Labute approximate surface area is 229 Å². The van der Waals surface area contributed by atoms with Gasteiger partial charge in [0.2, 0.25) is 0 Å². The molecule has 1 heterocycles. The van der Waals surface area contributed by atoms with Crippen molar-refractivity contribution >= 4 is 17.4 Å². The standard InChI is InChI=1S/C32H35NO6/c1-22(2)20-38-27-15-8-13-25(19-27)30(34)28-29(33(16-9-17-37-3)32(36)31(28)35)24-12-7-14-26(18-24)39-21-23-10-5-4-6-11-23/h4-8,10-15,18-19,22,29,34H,9,16-17,20-21H2,1-3H3/b30-28-. The van der Waals surface area contributed by atoms with Crippen molar-refractivity contribution in [2.24, 2.45) is 5.92 Å². The van der Waals surface area contributed by atoms with E-state index in [1.165, 1.54) is 4.90 Å². The van der Waals surface area contributed by atoms with Crippen LogP contribution in [0.15, 0.2) is 84.4 Å². The number of rotatable bonds is 12. The zero-order valence-electron chi connectivity index (χ0n) is 22.6. The average molecular weight is 530 g/mol. The third kappa shape index (κ3) is 6.86. The number of hydrogen-bond donors (Lipinski definition) is 1. The van der Waals surface area contributed by atoms with Gasteiger partial charge in [0.1, 0.15) is 23.9 Å². The first-order valence-corrected chi connectivity index (χ1v) is 13.2. The summed E-state index contributed by atoms with van der Waals surface area (Å²) in [6.07, 6.45) is 0.544. The van der Waals surface area contributed by atoms with Crippen LogP contribution in [-0.4, -0.2) is 48.6 Å². The van der Waals surface area contributed by atoms with Crippen molar-refractivity contribution in [2.45, 2.75) is 32.9 Å². The molecule has 7 heteroatoms. The van der Waals surface area contributed by atoms with Gasteiger partial charge in [-0.2, -0.15) is 0 Å². The highest BCUT2D eigenvalue weighted by molar-refractivity contribution is 6.46. The maximum absolute atomic E-state index is 13.3. The van der Waals surface area contributed by atoms with Crippen LogP contribution in [0.1, 0.15) is 43.0 Å². The number of aliphatic hydroxyl groups excluding tert-OH is 1. The van der Waals surface area contributed by atoms with Crippen LogP contribution in [-0.2, 0) is 20.9 Å². The van der Waals surface area contributed by atoms with Gasteiger partial charge in [0.15, 0.2) is 0 Å². The Bertz CT molecular complexity index is 1320. The number of likely N-dealkylation sites (tertiary alicyclic amines) is 1. The second kappa shape index (κ2) is 13.1. The van der Waals surface area contributed by atoms with E-state index < -0.39 is 17.7 Å². The predicted molar refractivity (Wildman–Crippen MR) is 149 cm³/mol. The van der Waals surface area contributed by atoms with Crippen molar-refractivity contribution in [1.82, 2.24) is 4.90 Å². The SMILES string of the molecule is COCCCN1C(=O)C(=O)/C(=C(\O)c2cccc(OCC(C)C)c2)C1c1cccc(OCc2ccccc2)c1. The minimum absolute atomic E-state index is 0.0404. The minimum Gasteiger partial charge on any atom is -0.507 e. The first kappa shape index (κ1) is 27.9. The second-order valence-corrected chi connectivity index (χ2v) is 9.92. The maximum atomic E-state index is 13.3. The topological polar surface area (TPSA) is 85.3 Å². The molecule has 0 radical (unpaired) electrons. The van der Waals surface area contributed by atoms with E-state index in [0.29, 0.717) is 61.3 Å². The molecule has 0 aromatic heterocycles. The fourth-order valence-corrected chi connectivity index (χ4v) is 4.50. The number of aliphatic hydroxyl groups is 1. The third-order valence-corrected chi connectivity index (χ3v) is 6.40. The molecule has 0 bridgehead atoms. The van der Waals surface area contributed by atoms with Crippen LogP contribution >= 0.6 is 0 Å². The van der Waals surface area contributed by atoms with Crippen molar-refractivity contribution < 1.29 is 28.9 Å². The van der Waals surface area contributed by atoms with E-state index in [1.807, 2.05) is 68.4 Å². The van der Waals surface area contributed by atoms with E-state index in [1.54, 1.807) is 31.4 Å². The molecular formula is C32H35NO6. The summed E-state index contributed by atoms with van der Waals surface area (Å²) in [6, 6.07) is 23.3. The van der Waals surface area contributed by atoms with Gasteiger partial charge in [0.25, 0.3) is 11.7 Å². The lowest BCUT2D eigenvalue weighted by molar-refractivity contribution is -0.140. The summed E-state index contributed by atoms with van der Waals surface area (Å²) in [5.74, 6) is -0.105. The summed E-state index contributed by atoms with van der Waals surface area (Å²) in [7, 11) is 1.59. The van der Waals surface area contributed by atoms with Gasteiger partial charge in [-0.05, 0) is 47.7 Å². The molecule has 1 amide bonds. The van der Waals surface area contributed by atoms with Gasteiger partial charge < -0.3 is 24.2 Å². The average Bonchev–Trinajstić information content (AvgIpc) is 3.20. The minimum atomic E-state index is -0.776. The summed E-state index contributed by atoms with van der Waals surface area (Å²) in [5.41, 5.74) is 2.14. The Morgan fingerprint density at radius 3 is 2.36 bits per heavy atom. The molecule has 0 spiro atoms. The molecule has 3 aromatic carbocycles. The number of nitrogens with zero attached hydrogens (tertiary/aromatic N) is 1. The predicted octanol–water partition coefficient (Wildman–Crippen LogP) is 5.76. The molecule has 1 N–H and O–H groups in total. The molecule has 3 aromatic rings. The van der Waals surface area contributed by atoms with Crippen LogP contribution in [0.2, 0.25) is 0 Å². The number of ether oxygens (including phenoxy) is 3. The number of methoxy groups -OCH3 is 1. The van der Waals surface area contributed by atoms with Gasteiger partial charge in [-0.15, -0.1) is 0 Å². The zero-order valence-corrected chi connectivity index (χ0v) is 22.6. The van der Waals surface area contributed by atoms with Crippen molar-refractivity contribution in [1.29, 1.82) is 0 Å². The van der Waals surface area contributed by atoms with Crippen molar-refractivity contribution in [2.75, 3.05) is 26.9 Å². The van der Waals surface area contributed by atoms with Crippen LogP contribution in [0.4, 0.5) is 0 Å². The maximum Gasteiger partial charge on any atom is 0.295 e. The molecule has 0 aliphatic carbocycles. The molecule has 1 aliphatic heterocycles. The van der Waals surface area contributed by atoms with E-state index in [4.69, 9.17) is 14.2 Å². The van der Waals surface area contributed by atoms with E-state index in [-0.39, 0.29) is 11.3 Å². The summed E-state index contributed by atoms with van der Waals surface area (Å²) in [6.45, 7) is 5.72. The Morgan fingerprint density at radius 1 is 0.923 bits per heavy atom. The summed E-state index contributed by atoms with van der Waals surface area (Å²) in [5, 5.41) is 11.4. The van der Waals surface area contributed by atoms with E-state index in [9.17, 15) is 14.7 Å². The zero-order chi connectivity index (χ0) is 27.8. The number of benzene rings is 3. The van der Waals surface area contributed by atoms with Crippen molar-refractivity contribution in [3.8, 4) is 11.5 Å². The quantitative estimate of drug-likeness (QED) is 0.139. The van der Waals surface area contributed by atoms with Gasteiger partial charge in [-0.3, -0.25) is 9.59 Å². The molecule has 204 valence electrons. The van der Waals surface area contributed by atoms with Crippen molar-refractivity contribution in [3.05, 3.63) is 101 Å². The third-order valence-electron chi connectivity index (χ3n) is 6.40. The van der Waals surface area contributed by atoms with Gasteiger partial charge in [0, 0.05) is 25.8 Å². The molecule has 0 saturated carbocycles. The van der Waals surface area contributed by atoms with Gasteiger partial charge in [0.05, 0.1) is 18.2 Å². The monoisotopic (exact) mass is 529 g/mol. The van der Waals surface area contributed by atoms with Crippen LogP contribution in [0.5, 0.6) is 11.5 Å². The van der Waals surface area contributed by atoms with Gasteiger partial charge in [-0.25, -0.2) is 0 Å². The summed E-state index contributed by atoms with van der Waals surface area (Å²) < 4.78 is 17.0. The highest BCUT2D eigenvalue weighted by Crippen LogP contribution is 2.40. The van der Waals surface area contributed by atoms with Gasteiger partial charge >= 0.3 is 0 Å². The Morgan fingerprint density at radius 2 is 1.64 bits per heavy atom. The number of Topliss-reactive ketones (excluding diaryl/α,β-unsaturated/α-hetero) is 1. The first-order valence-electron chi connectivity index (χ1n) is 13.2. The lowest BCUT2D eigenvalue weighted by Crippen LogP contribution is -2.31. The highest BCUT2D eigenvalue weighted by Gasteiger charge is 2.45. The van der Waals surface area contributed by atoms with E-state index in [2.05, 4.69) is 0 Å². The smallest absolute Gasteiger partial charge is 0.295 e. The van der Waals surface area contributed by atoms with Crippen LogP contribution in [0.3, 0.4) is 0 Å². The first-order chi connectivity index (χ1) is 18.9. The summed E-state index contributed by atoms with van der Waals surface area (Å²) >= 11 is 0. The van der Waals surface area contributed by atoms with Crippen LogP contribution in [0, 0.1) is 5.92 Å². The lowest BCUT2D eigenvalue weighted by Gasteiger charge is -2.25. The molecule has 1 saturated heterocycles. The second-order valence-electron chi connectivity index (χ2n) is 9.92. The molecule has 7 nitrogen and oxygen atoms in total. The Hall–Kier alpha value is -4.10. The number of carbonyl (C=O) groups is 2. The van der Waals surface area contributed by atoms with E-state index in [0.717, 1.165) is 5.56 Å². The van der Waals surface area contributed by atoms with Crippen LogP contribution < -0.4 is 9.47 Å². The fraction of sp³-hybridized carbons (Fsp3) is 0.312. The number of hydrogen-bond acceptors (Lipinski definition) is 6. The highest BCUT2D eigenvalue weighted by atomic mass is 16.5. The molecular weight excluding hydrogens is 494 g/mol. The summed E-state index contributed by atoms with van der Waals surface area (Å²) in [4.78, 5) is 28.0. The number of amides is 1. The largest absolute Gasteiger partial charge is 0.507 e. The normalized spacial score (nSPS) is 16.6. The lowest BCUT2D eigenvalue weighted by atomic mass is 9.95. The van der Waals surface area contributed by atoms with Crippen molar-refractivity contribution in [3.63, 3.8) is 0 Å². The molecule has 1 atom stereocenters. The molecule has 1 aliphatic rings. The number of ketones is 1. The molecule has 39 heavy (non-hydrogen) atoms. The Balaban J connectivity index is 1.71. The molecule has 1 fully saturated rings. The number of carbonyl (C=O) groups excluding carboxylic acids is 2. The fourth-order valence-electron chi connectivity index (χ4n) is 4.50. The van der Waals surface area contributed by atoms with Gasteiger partial charge in [-0.1, -0.05) is 68.4 Å².